The molecule has 0 radical (unpaired) electrons. The molecule has 10 atom stereocenters. The van der Waals surface area contributed by atoms with Gasteiger partial charge < -0.3 is 44.2 Å². The van der Waals surface area contributed by atoms with Crippen LogP contribution in [0.3, 0.4) is 0 Å². The van der Waals surface area contributed by atoms with Gasteiger partial charge in [0.25, 0.3) is 0 Å². The summed E-state index contributed by atoms with van der Waals surface area (Å²) in [5.41, 5.74) is 6.58. The number of amides is 1. The molecular weight excluding hydrogens is 644 g/mol. The fraction of sp³-hybridized carbons (Fsp3) is 0.576. The molecule has 4 aliphatic rings. The third kappa shape index (κ3) is 6.82. The Morgan fingerprint density at radius 2 is 1.23 bits per heavy atom. The molecule has 0 aliphatic carbocycles. The van der Waals surface area contributed by atoms with E-state index in [1.165, 1.54) is 19.2 Å². The minimum atomic E-state index is -1.12. The van der Waals surface area contributed by atoms with Gasteiger partial charge in [-0.3, -0.25) is 9.59 Å². The second-order valence-electron chi connectivity index (χ2n) is 13.3. The van der Waals surface area contributed by atoms with Gasteiger partial charge in [-0.25, -0.2) is 17.6 Å². The Morgan fingerprint density at radius 3 is 1.71 bits per heavy atom. The first-order valence-electron chi connectivity index (χ1n) is 15.6. The number of esters is 1. The lowest BCUT2D eigenvalue weighted by molar-refractivity contribution is -0.191. The van der Waals surface area contributed by atoms with E-state index >= 15 is 0 Å². The van der Waals surface area contributed by atoms with E-state index in [9.17, 15) is 27.2 Å². The first kappa shape index (κ1) is 34.7. The van der Waals surface area contributed by atoms with Gasteiger partial charge in [0.05, 0.1) is 19.6 Å². The fourth-order valence-corrected chi connectivity index (χ4v) is 7.00. The summed E-state index contributed by atoms with van der Waals surface area (Å²) in [6.45, 7) is 6.66. The molecule has 4 heterocycles. The van der Waals surface area contributed by atoms with Gasteiger partial charge in [0, 0.05) is 35.7 Å². The van der Waals surface area contributed by atoms with Crippen LogP contribution in [0.15, 0.2) is 36.4 Å². The number of carbonyl (C=O) groups is 2. The summed E-state index contributed by atoms with van der Waals surface area (Å²) in [6.07, 6.45) is -8.05. The predicted molar refractivity (Wildman–Crippen MR) is 157 cm³/mol. The lowest BCUT2D eigenvalue weighted by Crippen LogP contribution is -2.52. The smallest absolute Gasteiger partial charge is 0.307 e. The highest BCUT2D eigenvalue weighted by Crippen LogP contribution is 2.48. The van der Waals surface area contributed by atoms with Crippen molar-refractivity contribution in [2.24, 2.45) is 5.73 Å². The molecule has 0 bridgehead atoms. The van der Waals surface area contributed by atoms with Crippen LogP contribution in [0.1, 0.15) is 63.9 Å². The highest BCUT2D eigenvalue weighted by molar-refractivity contribution is 5.78. The van der Waals surface area contributed by atoms with E-state index in [2.05, 4.69) is 5.32 Å². The van der Waals surface area contributed by atoms with Crippen LogP contribution < -0.4 is 11.1 Å². The summed E-state index contributed by atoms with van der Waals surface area (Å²) < 4.78 is 98.5. The van der Waals surface area contributed by atoms with Gasteiger partial charge in [0.2, 0.25) is 5.91 Å². The van der Waals surface area contributed by atoms with Gasteiger partial charge in [0.15, 0.2) is 11.6 Å². The summed E-state index contributed by atoms with van der Waals surface area (Å²) >= 11 is 0. The van der Waals surface area contributed by atoms with Crippen LogP contribution in [-0.2, 0) is 42.7 Å². The Hall–Kier alpha value is -3.18. The van der Waals surface area contributed by atoms with Crippen molar-refractivity contribution in [2.75, 3.05) is 7.11 Å². The van der Waals surface area contributed by atoms with E-state index in [-0.39, 0.29) is 24.0 Å². The first-order valence-corrected chi connectivity index (χ1v) is 15.6. The maximum Gasteiger partial charge on any atom is 0.307 e. The molecule has 0 aromatic heterocycles. The second-order valence-corrected chi connectivity index (χ2v) is 13.3. The Morgan fingerprint density at radius 1 is 0.771 bits per heavy atom. The molecule has 48 heavy (non-hydrogen) atoms. The highest BCUT2D eigenvalue weighted by atomic mass is 19.1. The zero-order valence-corrected chi connectivity index (χ0v) is 26.9. The molecule has 3 N–H and O–H groups in total. The number of methoxy groups -OCH3 is 1. The molecule has 6 rings (SSSR count). The van der Waals surface area contributed by atoms with E-state index in [0.29, 0.717) is 0 Å². The zero-order valence-electron chi connectivity index (χ0n) is 26.9. The summed E-state index contributed by atoms with van der Waals surface area (Å²) in [5, 5.41) is 2.79. The monoisotopic (exact) mass is 682 g/mol. The molecule has 262 valence electrons. The number of hydrogen-bond acceptors (Lipinski definition) is 10. The number of nitrogens with one attached hydrogen (secondary N) is 1. The lowest BCUT2D eigenvalue weighted by Gasteiger charge is -2.30. The van der Waals surface area contributed by atoms with Crippen molar-refractivity contribution in [1.82, 2.24) is 5.32 Å². The van der Waals surface area contributed by atoms with E-state index in [1.54, 1.807) is 27.7 Å². The Labute approximate surface area is 274 Å². The normalized spacial score (nSPS) is 32.8. The maximum atomic E-state index is 14.9. The molecule has 0 unspecified atom stereocenters. The largest absolute Gasteiger partial charge is 0.469 e. The van der Waals surface area contributed by atoms with Gasteiger partial charge in [-0.15, -0.1) is 0 Å². The summed E-state index contributed by atoms with van der Waals surface area (Å²) in [6, 6.07) is 4.09. The third-order valence-corrected chi connectivity index (χ3v) is 8.92. The quantitative estimate of drug-likeness (QED) is 0.298. The van der Waals surface area contributed by atoms with Crippen molar-refractivity contribution < 1.29 is 60.3 Å². The number of halogens is 4. The minimum absolute atomic E-state index is 0.0159. The first-order chi connectivity index (χ1) is 22.6. The summed E-state index contributed by atoms with van der Waals surface area (Å²) in [7, 11) is 1.18. The second kappa shape index (κ2) is 12.9. The minimum Gasteiger partial charge on any atom is -0.469 e. The average Bonchev–Trinajstić information content (AvgIpc) is 3.68. The van der Waals surface area contributed by atoms with Crippen LogP contribution >= 0.6 is 0 Å². The molecule has 2 aromatic rings. The number of benzene rings is 2. The molecular formula is C33H38F4N2O9. The molecule has 4 fully saturated rings. The van der Waals surface area contributed by atoms with Crippen molar-refractivity contribution in [3.8, 4) is 0 Å². The Bertz CT molecular complexity index is 1560. The number of fused-ring (bicyclic) bond motifs is 2. The van der Waals surface area contributed by atoms with Crippen molar-refractivity contribution in [3.63, 3.8) is 0 Å². The molecule has 11 nitrogen and oxygen atoms in total. The highest BCUT2D eigenvalue weighted by Gasteiger charge is 2.59. The van der Waals surface area contributed by atoms with Crippen LogP contribution in [0, 0.1) is 23.3 Å². The molecule has 15 heteroatoms. The lowest BCUT2D eigenvalue weighted by atomic mass is 9.96. The fourth-order valence-electron chi connectivity index (χ4n) is 7.00. The van der Waals surface area contributed by atoms with Crippen molar-refractivity contribution in [3.05, 3.63) is 70.8 Å². The molecule has 0 saturated carbocycles. The molecule has 4 aliphatic heterocycles. The van der Waals surface area contributed by atoms with Gasteiger partial charge in [-0.2, -0.15) is 0 Å². The standard InChI is InChI=1S/C33H38F4N2O9/c1-32(2)45-28-24(16-8-6-14(34)10-18(16)36)43-26(30(28)47-32)20(38)12-22(40)39-21(13-23(41)42-5)27-31-29(46-33(3,4)48-31)25(44-27)17-9-7-15(35)11-19(17)37/h6-11,20-21,24-31H,12-13,38H2,1-5H3,(H,39,40)/t20-,21+,24+,25+,26-,27-,28-,29-,30+,31+/m1/s1. The van der Waals surface area contributed by atoms with Gasteiger partial charge >= 0.3 is 5.97 Å². The van der Waals surface area contributed by atoms with Gasteiger partial charge in [-0.1, -0.05) is 12.1 Å². The third-order valence-electron chi connectivity index (χ3n) is 8.92. The van der Waals surface area contributed by atoms with Crippen LogP contribution in [-0.4, -0.2) is 79.3 Å². The van der Waals surface area contributed by atoms with Crippen LogP contribution in [0.4, 0.5) is 17.6 Å². The van der Waals surface area contributed by atoms with E-state index < -0.39 is 108 Å². The van der Waals surface area contributed by atoms with Crippen molar-refractivity contribution in [2.45, 2.75) is 113 Å². The number of ether oxygens (including phenoxy) is 7. The van der Waals surface area contributed by atoms with E-state index in [1.807, 2.05) is 0 Å². The topological polar surface area (TPSA) is 137 Å². The molecule has 2 aromatic carbocycles. The van der Waals surface area contributed by atoms with E-state index in [4.69, 9.17) is 38.9 Å². The van der Waals surface area contributed by atoms with E-state index in [0.717, 1.165) is 24.3 Å². The number of hydrogen-bond donors (Lipinski definition) is 2. The number of rotatable bonds is 9. The van der Waals surface area contributed by atoms with Gasteiger partial charge in [0.1, 0.15) is 72.1 Å². The maximum absolute atomic E-state index is 14.9. The van der Waals surface area contributed by atoms with Crippen molar-refractivity contribution >= 4 is 11.9 Å². The molecule has 4 saturated heterocycles. The SMILES string of the molecule is COC(=O)C[C@H](NC(=O)C[C@@H](N)[C@H]1O[C@@H](c2ccc(F)cc2F)[C@H]2OC(C)(C)O[C@@H]12)[C@H]1O[C@@H](c2ccc(F)cc2F)[C@H]2OC(C)(C)O[C@@H]12. The number of nitrogens with two attached hydrogens (primary N) is 1. The summed E-state index contributed by atoms with van der Waals surface area (Å²) in [4.78, 5) is 26.1. The van der Waals surface area contributed by atoms with Crippen molar-refractivity contribution in [1.29, 1.82) is 0 Å². The summed E-state index contributed by atoms with van der Waals surface area (Å²) in [5.74, 6) is -6.71. The molecule has 1 amide bonds. The molecule has 0 spiro atoms. The predicted octanol–water partition coefficient (Wildman–Crippen LogP) is 3.63. The Kier molecular flexibility index (Phi) is 9.34. The number of carbonyl (C=O) groups excluding carboxylic acids is 2. The average molecular weight is 683 g/mol. The zero-order chi connectivity index (χ0) is 34.7. The van der Waals surface area contributed by atoms with Crippen LogP contribution in [0.2, 0.25) is 0 Å². The van der Waals surface area contributed by atoms with Gasteiger partial charge in [-0.05, 0) is 39.8 Å². The Balaban J connectivity index is 1.21. The van der Waals surface area contributed by atoms with Crippen LogP contribution in [0.5, 0.6) is 0 Å². The van der Waals surface area contributed by atoms with Crippen LogP contribution in [0.25, 0.3) is 0 Å².